The fraction of sp³-hybridized carbons (Fsp3) is 0.263. The van der Waals surface area contributed by atoms with Crippen LogP contribution in [0.3, 0.4) is 0 Å². The Morgan fingerprint density at radius 3 is 2.79 bits per heavy atom. The van der Waals surface area contributed by atoms with Crippen LogP contribution in [0.25, 0.3) is 10.9 Å². The number of fused-ring (bicyclic) bond motifs is 1. The van der Waals surface area contributed by atoms with Crippen LogP contribution in [-0.2, 0) is 17.9 Å². The number of hydrogen-bond acceptors (Lipinski definition) is 3. The van der Waals surface area contributed by atoms with E-state index in [9.17, 15) is 4.79 Å². The highest BCUT2D eigenvalue weighted by Crippen LogP contribution is 2.24. The summed E-state index contributed by atoms with van der Waals surface area (Å²) in [6.45, 7) is 5.01. The Hall–Kier alpha value is -1.91. The number of thiophene rings is 1. The van der Waals surface area contributed by atoms with Crippen LogP contribution in [0.5, 0.6) is 0 Å². The van der Waals surface area contributed by atoms with Crippen LogP contribution in [-0.4, -0.2) is 15.8 Å². The van der Waals surface area contributed by atoms with E-state index in [0.717, 1.165) is 21.3 Å². The first kappa shape index (κ1) is 16.9. The van der Waals surface area contributed by atoms with Crippen molar-refractivity contribution in [1.82, 2.24) is 9.88 Å². The molecule has 0 N–H and O–H groups in total. The van der Waals surface area contributed by atoms with E-state index < -0.39 is 0 Å². The van der Waals surface area contributed by atoms with Gasteiger partial charge in [-0.1, -0.05) is 36.2 Å². The summed E-state index contributed by atoms with van der Waals surface area (Å²) in [6, 6.07) is 12.2. The zero-order valence-corrected chi connectivity index (χ0v) is 15.3. The Kier molecular flexibility index (Phi) is 5.17. The minimum Gasteiger partial charge on any atom is -0.333 e. The van der Waals surface area contributed by atoms with Gasteiger partial charge < -0.3 is 4.90 Å². The van der Waals surface area contributed by atoms with Gasteiger partial charge in [-0.05, 0) is 36.6 Å². The molecule has 0 saturated carbocycles. The Balaban J connectivity index is 1.92. The quantitative estimate of drug-likeness (QED) is 0.587. The highest BCUT2D eigenvalue weighted by atomic mass is 35.5. The minimum absolute atomic E-state index is 0.115. The van der Waals surface area contributed by atoms with Crippen LogP contribution in [0.15, 0.2) is 41.8 Å². The average Bonchev–Trinajstić information content (AvgIpc) is 3.07. The highest BCUT2D eigenvalue weighted by Gasteiger charge is 2.16. The van der Waals surface area contributed by atoms with Crippen molar-refractivity contribution in [2.45, 2.75) is 33.4 Å². The molecule has 3 rings (SSSR count). The number of halogens is 1. The first-order valence-corrected chi connectivity index (χ1v) is 9.18. The normalized spacial score (nSPS) is 11.0. The first-order valence-electron chi connectivity index (χ1n) is 7.92. The van der Waals surface area contributed by atoms with E-state index in [2.05, 4.69) is 18.0 Å². The maximum atomic E-state index is 12.3. The van der Waals surface area contributed by atoms with Gasteiger partial charge in [0.2, 0.25) is 5.91 Å². The largest absolute Gasteiger partial charge is 0.333 e. The van der Waals surface area contributed by atoms with Crippen molar-refractivity contribution in [3.8, 4) is 0 Å². The molecular weight excluding hydrogens is 340 g/mol. The third-order valence-electron chi connectivity index (χ3n) is 3.94. The van der Waals surface area contributed by atoms with Gasteiger partial charge in [0.1, 0.15) is 5.15 Å². The Morgan fingerprint density at radius 1 is 1.25 bits per heavy atom. The Labute approximate surface area is 150 Å². The van der Waals surface area contributed by atoms with Gasteiger partial charge in [-0.3, -0.25) is 4.79 Å². The molecule has 1 amide bonds. The van der Waals surface area contributed by atoms with Gasteiger partial charge in [-0.2, -0.15) is 0 Å². The number of amides is 1. The third kappa shape index (κ3) is 3.77. The molecule has 0 aliphatic carbocycles. The summed E-state index contributed by atoms with van der Waals surface area (Å²) in [5.41, 5.74) is 2.94. The van der Waals surface area contributed by atoms with Crippen LogP contribution in [0.2, 0.25) is 5.15 Å². The number of pyridine rings is 1. The summed E-state index contributed by atoms with van der Waals surface area (Å²) in [4.78, 5) is 19.8. The summed E-state index contributed by atoms with van der Waals surface area (Å²) in [5.74, 6) is 0.115. The number of rotatable bonds is 5. The molecule has 24 heavy (non-hydrogen) atoms. The number of aromatic nitrogens is 1. The summed E-state index contributed by atoms with van der Waals surface area (Å²) in [7, 11) is 0. The zero-order chi connectivity index (χ0) is 17.1. The smallest absolute Gasteiger partial charge is 0.222 e. The lowest BCUT2D eigenvalue weighted by molar-refractivity contribution is -0.132. The van der Waals surface area contributed by atoms with Crippen molar-refractivity contribution in [2.24, 2.45) is 0 Å². The van der Waals surface area contributed by atoms with Crippen LogP contribution in [0.4, 0.5) is 0 Å². The van der Waals surface area contributed by atoms with Gasteiger partial charge in [0, 0.05) is 28.8 Å². The second kappa shape index (κ2) is 7.32. The third-order valence-corrected chi connectivity index (χ3v) is 5.13. The molecule has 3 nitrogen and oxygen atoms in total. The number of nitrogens with zero attached hydrogens (tertiary/aromatic N) is 2. The SMILES string of the molecule is CCC(=O)N(Cc1cccs1)Cc1cc2cc(C)ccc2nc1Cl. The molecule has 0 spiro atoms. The second-order valence-corrected chi connectivity index (χ2v) is 7.21. The van der Waals surface area contributed by atoms with Gasteiger partial charge in [-0.15, -0.1) is 11.3 Å². The van der Waals surface area contributed by atoms with Gasteiger partial charge in [0.15, 0.2) is 0 Å². The lowest BCUT2D eigenvalue weighted by Crippen LogP contribution is -2.29. The van der Waals surface area contributed by atoms with E-state index in [1.807, 2.05) is 47.5 Å². The molecule has 124 valence electrons. The summed E-state index contributed by atoms with van der Waals surface area (Å²) in [6.07, 6.45) is 0.475. The topological polar surface area (TPSA) is 33.2 Å². The van der Waals surface area contributed by atoms with Crippen molar-refractivity contribution < 1.29 is 4.79 Å². The molecule has 0 atom stereocenters. The zero-order valence-electron chi connectivity index (χ0n) is 13.8. The average molecular weight is 359 g/mol. The van der Waals surface area contributed by atoms with Crippen molar-refractivity contribution in [3.63, 3.8) is 0 Å². The maximum absolute atomic E-state index is 12.3. The molecule has 2 heterocycles. The summed E-state index contributed by atoms with van der Waals surface area (Å²) >= 11 is 8.03. The van der Waals surface area contributed by atoms with Gasteiger partial charge in [0.05, 0.1) is 12.1 Å². The van der Waals surface area contributed by atoms with E-state index in [-0.39, 0.29) is 5.91 Å². The molecule has 2 aromatic heterocycles. The molecule has 0 unspecified atom stereocenters. The minimum atomic E-state index is 0.115. The van der Waals surface area contributed by atoms with Crippen molar-refractivity contribution in [2.75, 3.05) is 0 Å². The maximum Gasteiger partial charge on any atom is 0.222 e. The van der Waals surface area contributed by atoms with E-state index in [0.29, 0.717) is 24.7 Å². The Bertz CT molecular complexity index is 861. The van der Waals surface area contributed by atoms with E-state index in [1.165, 1.54) is 5.56 Å². The predicted octanol–water partition coefficient (Wildman–Crippen LogP) is 5.20. The number of hydrogen-bond donors (Lipinski definition) is 0. The molecule has 0 aliphatic heterocycles. The van der Waals surface area contributed by atoms with E-state index >= 15 is 0 Å². The fourth-order valence-corrected chi connectivity index (χ4v) is 3.60. The molecule has 0 aliphatic rings. The molecule has 0 bridgehead atoms. The number of carbonyl (C=O) groups excluding carboxylic acids is 1. The van der Waals surface area contributed by atoms with Crippen LogP contribution in [0, 0.1) is 6.92 Å². The molecule has 0 fully saturated rings. The lowest BCUT2D eigenvalue weighted by atomic mass is 10.1. The predicted molar refractivity (Wildman–Crippen MR) is 100 cm³/mol. The summed E-state index contributed by atoms with van der Waals surface area (Å²) < 4.78 is 0. The molecule has 3 aromatic rings. The molecule has 5 heteroatoms. The van der Waals surface area contributed by atoms with E-state index in [1.54, 1.807) is 11.3 Å². The fourth-order valence-electron chi connectivity index (χ4n) is 2.68. The number of aryl methyl sites for hydroxylation is 1. The Morgan fingerprint density at radius 2 is 2.08 bits per heavy atom. The lowest BCUT2D eigenvalue weighted by Gasteiger charge is -2.22. The molecule has 0 saturated heterocycles. The molecule has 1 aromatic carbocycles. The van der Waals surface area contributed by atoms with Crippen LogP contribution >= 0.6 is 22.9 Å². The first-order chi connectivity index (χ1) is 11.6. The number of benzene rings is 1. The number of carbonyl (C=O) groups is 1. The van der Waals surface area contributed by atoms with E-state index in [4.69, 9.17) is 11.6 Å². The monoisotopic (exact) mass is 358 g/mol. The van der Waals surface area contributed by atoms with Crippen molar-refractivity contribution >= 4 is 39.7 Å². The standard InChI is InChI=1S/C19H19ClN2OS/c1-3-18(23)22(12-16-5-4-8-24-16)11-15-10-14-9-13(2)6-7-17(14)21-19(15)20/h4-10H,3,11-12H2,1-2H3. The highest BCUT2D eigenvalue weighted by molar-refractivity contribution is 7.09. The van der Waals surface area contributed by atoms with Gasteiger partial charge >= 0.3 is 0 Å². The van der Waals surface area contributed by atoms with Crippen molar-refractivity contribution in [1.29, 1.82) is 0 Å². The van der Waals surface area contributed by atoms with Gasteiger partial charge in [0.25, 0.3) is 0 Å². The van der Waals surface area contributed by atoms with Crippen LogP contribution in [0.1, 0.15) is 29.3 Å². The van der Waals surface area contributed by atoms with Crippen molar-refractivity contribution in [3.05, 3.63) is 62.9 Å². The second-order valence-electron chi connectivity index (χ2n) is 5.82. The van der Waals surface area contributed by atoms with Crippen LogP contribution < -0.4 is 0 Å². The van der Waals surface area contributed by atoms with Gasteiger partial charge in [-0.25, -0.2) is 4.98 Å². The summed E-state index contributed by atoms with van der Waals surface area (Å²) in [5, 5.41) is 3.54. The molecular formula is C19H19ClN2OS. The molecule has 0 radical (unpaired) electrons.